The van der Waals surface area contributed by atoms with Crippen molar-refractivity contribution >= 4 is 11.8 Å². The van der Waals surface area contributed by atoms with Crippen molar-refractivity contribution in [3.05, 3.63) is 0 Å². The fourth-order valence-corrected chi connectivity index (χ4v) is 3.19. The lowest BCUT2D eigenvalue weighted by atomic mass is 9.49. The molecule has 4 heteroatoms. The van der Waals surface area contributed by atoms with E-state index in [1.165, 1.54) is 6.92 Å². The number of carbonyl (C=O) groups is 2. The van der Waals surface area contributed by atoms with E-state index >= 15 is 0 Å². The molecule has 0 radical (unpaired) electrons. The second kappa shape index (κ2) is 4.41. The summed E-state index contributed by atoms with van der Waals surface area (Å²) in [5.41, 5.74) is -0.704. The van der Waals surface area contributed by atoms with Gasteiger partial charge in [-0.3, -0.25) is 9.59 Å². The minimum atomic E-state index is -0.854. The largest absolute Gasteiger partial charge is 0.465 e. The number of rotatable bonds is 3. The van der Waals surface area contributed by atoms with E-state index in [4.69, 9.17) is 9.47 Å². The predicted octanol–water partition coefficient (Wildman–Crippen LogP) is 1.72. The molecule has 1 saturated carbocycles. The van der Waals surface area contributed by atoms with Gasteiger partial charge in [0.1, 0.15) is 11.2 Å². The third-order valence-corrected chi connectivity index (χ3v) is 4.25. The number of carbonyl (C=O) groups excluding carboxylic acids is 2. The van der Waals surface area contributed by atoms with Crippen molar-refractivity contribution in [3.8, 4) is 0 Å². The van der Waals surface area contributed by atoms with E-state index in [-0.39, 0.29) is 17.2 Å². The molecule has 2 aliphatic rings. The number of hydrogen-bond donors (Lipinski definition) is 0. The lowest BCUT2D eigenvalue weighted by Crippen LogP contribution is -2.57. The molecule has 4 nitrogen and oxygen atoms in total. The first-order chi connectivity index (χ1) is 8.05. The van der Waals surface area contributed by atoms with Crippen LogP contribution in [-0.2, 0) is 19.1 Å². The standard InChI is InChI=1S/C13H20O4/c1-3-17-11(15)13(10(2)14)8-12(9-13)4-6-16-7-5-12/h3-9H2,1-2H3. The molecule has 0 unspecified atom stereocenters. The monoisotopic (exact) mass is 240 g/mol. The quantitative estimate of drug-likeness (QED) is 0.556. The van der Waals surface area contributed by atoms with E-state index in [0.717, 1.165) is 26.1 Å². The van der Waals surface area contributed by atoms with Crippen molar-refractivity contribution in [2.75, 3.05) is 19.8 Å². The van der Waals surface area contributed by atoms with E-state index in [9.17, 15) is 9.59 Å². The molecule has 0 N–H and O–H groups in total. The van der Waals surface area contributed by atoms with Gasteiger partial charge in [-0.1, -0.05) is 0 Å². The normalized spacial score (nSPS) is 25.1. The van der Waals surface area contributed by atoms with Gasteiger partial charge in [0, 0.05) is 13.2 Å². The zero-order valence-electron chi connectivity index (χ0n) is 10.6. The van der Waals surface area contributed by atoms with Crippen LogP contribution in [0.4, 0.5) is 0 Å². The molecule has 0 amide bonds. The zero-order chi connectivity index (χ0) is 12.5. The Hall–Kier alpha value is -0.900. The molecule has 0 aromatic carbocycles. The van der Waals surface area contributed by atoms with Crippen LogP contribution in [0.5, 0.6) is 0 Å². The molecule has 1 spiro atoms. The van der Waals surface area contributed by atoms with Crippen molar-refractivity contribution in [1.82, 2.24) is 0 Å². The van der Waals surface area contributed by atoms with Gasteiger partial charge in [0.25, 0.3) is 0 Å². The minimum absolute atomic E-state index is 0.0481. The van der Waals surface area contributed by atoms with Crippen LogP contribution in [0.3, 0.4) is 0 Å². The van der Waals surface area contributed by atoms with Gasteiger partial charge in [0.15, 0.2) is 0 Å². The first-order valence-corrected chi connectivity index (χ1v) is 6.31. The maximum Gasteiger partial charge on any atom is 0.319 e. The molecule has 0 aromatic rings. The van der Waals surface area contributed by atoms with Crippen molar-refractivity contribution < 1.29 is 19.1 Å². The SMILES string of the molecule is CCOC(=O)C1(C(C)=O)CC2(CCOCC2)C1. The smallest absolute Gasteiger partial charge is 0.319 e. The highest BCUT2D eigenvalue weighted by molar-refractivity contribution is 6.04. The Morgan fingerprint density at radius 3 is 2.29 bits per heavy atom. The molecule has 2 fully saturated rings. The molecule has 1 aliphatic heterocycles. The molecule has 2 rings (SSSR count). The van der Waals surface area contributed by atoms with E-state index in [2.05, 4.69) is 0 Å². The molecule has 0 bridgehead atoms. The van der Waals surface area contributed by atoms with Crippen molar-refractivity contribution in [1.29, 1.82) is 0 Å². The summed E-state index contributed by atoms with van der Waals surface area (Å²) in [6, 6.07) is 0. The van der Waals surface area contributed by atoms with Gasteiger partial charge in [-0.05, 0) is 44.9 Å². The van der Waals surface area contributed by atoms with Gasteiger partial charge < -0.3 is 9.47 Å². The van der Waals surface area contributed by atoms with Gasteiger partial charge in [-0.2, -0.15) is 0 Å². The first kappa shape index (κ1) is 12.6. The van der Waals surface area contributed by atoms with Gasteiger partial charge in [0.2, 0.25) is 0 Å². The predicted molar refractivity (Wildman–Crippen MR) is 61.5 cm³/mol. The summed E-state index contributed by atoms with van der Waals surface area (Å²) < 4.78 is 10.4. The number of Topliss-reactive ketones (excluding diaryl/α,β-unsaturated/α-hetero) is 1. The van der Waals surface area contributed by atoms with Crippen LogP contribution in [0, 0.1) is 10.8 Å². The average Bonchev–Trinajstić information content (AvgIpc) is 2.26. The Labute approximate surface area is 102 Å². The summed E-state index contributed by atoms with van der Waals surface area (Å²) in [7, 11) is 0. The number of ether oxygens (including phenoxy) is 2. The van der Waals surface area contributed by atoms with Crippen LogP contribution < -0.4 is 0 Å². The first-order valence-electron chi connectivity index (χ1n) is 6.31. The minimum Gasteiger partial charge on any atom is -0.465 e. The third kappa shape index (κ3) is 1.99. The van der Waals surface area contributed by atoms with E-state index < -0.39 is 5.41 Å². The lowest BCUT2D eigenvalue weighted by molar-refractivity contribution is -0.183. The highest BCUT2D eigenvalue weighted by Crippen LogP contribution is 2.60. The zero-order valence-corrected chi connectivity index (χ0v) is 10.6. The van der Waals surface area contributed by atoms with Gasteiger partial charge in [-0.15, -0.1) is 0 Å². The van der Waals surface area contributed by atoms with E-state index in [0.29, 0.717) is 19.4 Å². The molecular formula is C13H20O4. The molecule has 1 aliphatic carbocycles. The van der Waals surface area contributed by atoms with Crippen LogP contribution in [0.2, 0.25) is 0 Å². The summed E-state index contributed by atoms with van der Waals surface area (Å²) in [5, 5.41) is 0. The second-order valence-electron chi connectivity index (χ2n) is 5.32. The number of ketones is 1. The molecule has 1 heterocycles. The Morgan fingerprint density at radius 2 is 1.82 bits per heavy atom. The summed E-state index contributed by atoms with van der Waals surface area (Å²) >= 11 is 0. The summed E-state index contributed by atoms with van der Waals surface area (Å²) in [6.07, 6.45) is 3.22. The maximum absolute atomic E-state index is 11.9. The van der Waals surface area contributed by atoms with Crippen LogP contribution in [0.15, 0.2) is 0 Å². The van der Waals surface area contributed by atoms with Crippen molar-refractivity contribution in [3.63, 3.8) is 0 Å². The molecule has 0 aromatic heterocycles. The van der Waals surface area contributed by atoms with Gasteiger partial charge in [-0.25, -0.2) is 0 Å². The third-order valence-electron chi connectivity index (χ3n) is 4.25. The topological polar surface area (TPSA) is 52.6 Å². The highest BCUT2D eigenvalue weighted by atomic mass is 16.5. The van der Waals surface area contributed by atoms with E-state index in [1.807, 2.05) is 0 Å². The fraction of sp³-hybridized carbons (Fsp3) is 0.846. The Kier molecular flexibility index (Phi) is 3.25. The van der Waals surface area contributed by atoms with E-state index in [1.54, 1.807) is 6.92 Å². The molecule has 0 atom stereocenters. The molecule has 1 saturated heterocycles. The Balaban J connectivity index is 2.08. The van der Waals surface area contributed by atoms with Gasteiger partial charge >= 0.3 is 5.97 Å². The molecule has 96 valence electrons. The Bertz CT molecular complexity index is 320. The van der Waals surface area contributed by atoms with Crippen LogP contribution in [-0.4, -0.2) is 31.6 Å². The fourth-order valence-electron chi connectivity index (χ4n) is 3.19. The molecule has 17 heavy (non-hydrogen) atoms. The van der Waals surface area contributed by atoms with Gasteiger partial charge in [0.05, 0.1) is 6.61 Å². The van der Waals surface area contributed by atoms with Crippen LogP contribution in [0.25, 0.3) is 0 Å². The number of hydrogen-bond acceptors (Lipinski definition) is 4. The number of esters is 1. The lowest BCUT2D eigenvalue weighted by Gasteiger charge is -2.54. The van der Waals surface area contributed by atoms with Crippen molar-refractivity contribution in [2.45, 2.75) is 39.5 Å². The summed E-state index contributed by atoms with van der Waals surface area (Å²) in [5.74, 6) is -0.377. The maximum atomic E-state index is 11.9. The summed E-state index contributed by atoms with van der Waals surface area (Å²) in [4.78, 5) is 23.7. The van der Waals surface area contributed by atoms with Crippen LogP contribution >= 0.6 is 0 Å². The Morgan fingerprint density at radius 1 is 1.24 bits per heavy atom. The van der Waals surface area contributed by atoms with Crippen LogP contribution in [0.1, 0.15) is 39.5 Å². The summed E-state index contributed by atoms with van der Waals surface area (Å²) in [6.45, 7) is 5.11. The molecular weight excluding hydrogens is 220 g/mol. The van der Waals surface area contributed by atoms with Crippen molar-refractivity contribution in [2.24, 2.45) is 10.8 Å². The average molecular weight is 240 g/mol. The second-order valence-corrected chi connectivity index (χ2v) is 5.32. The highest BCUT2D eigenvalue weighted by Gasteiger charge is 2.62.